The van der Waals surface area contributed by atoms with E-state index in [4.69, 9.17) is 9.97 Å². The van der Waals surface area contributed by atoms with Crippen LogP contribution in [0.4, 0.5) is 34.4 Å². The lowest BCUT2D eigenvalue weighted by molar-refractivity contribution is 0.217. The van der Waals surface area contributed by atoms with Gasteiger partial charge in [-0.2, -0.15) is 0 Å². The summed E-state index contributed by atoms with van der Waals surface area (Å²) in [6.07, 6.45) is 1.95. The summed E-state index contributed by atoms with van der Waals surface area (Å²) in [5.74, 6) is 2.46. The Kier molecular flexibility index (Phi) is 6.16. The Bertz CT molecular complexity index is 1820. The largest absolute Gasteiger partial charge is 0.365 e. The Labute approximate surface area is 259 Å². The van der Waals surface area contributed by atoms with Crippen LogP contribution in [-0.2, 0) is 5.41 Å². The molecule has 0 radical (unpaired) electrons. The minimum absolute atomic E-state index is 0.0243. The highest BCUT2D eigenvalue weighted by atomic mass is 15.5. The summed E-state index contributed by atoms with van der Waals surface area (Å²) in [6.45, 7) is 9.26. The van der Waals surface area contributed by atoms with Gasteiger partial charge in [-0.3, -0.25) is 0 Å². The average molecular weight is 579 g/mol. The molecule has 0 fully saturated rings. The molecule has 6 heteroatoms. The van der Waals surface area contributed by atoms with Crippen molar-refractivity contribution in [2.45, 2.75) is 57.3 Å². The fourth-order valence-electron chi connectivity index (χ4n) is 7.83. The minimum Gasteiger partial charge on any atom is -0.365 e. The van der Waals surface area contributed by atoms with Crippen molar-refractivity contribution < 1.29 is 0 Å². The number of anilines is 6. The molecule has 0 saturated carbocycles. The molecule has 8 rings (SSSR count). The molecule has 2 N–H and O–H groups in total. The number of hydrogen-bond acceptors (Lipinski definition) is 6. The highest BCUT2D eigenvalue weighted by Crippen LogP contribution is 2.63. The third-order valence-corrected chi connectivity index (χ3v) is 10.2. The summed E-state index contributed by atoms with van der Waals surface area (Å²) >= 11 is 0. The van der Waals surface area contributed by atoms with Gasteiger partial charge < -0.3 is 20.4 Å². The van der Waals surface area contributed by atoms with Gasteiger partial charge in [0.05, 0.1) is 18.1 Å². The summed E-state index contributed by atoms with van der Waals surface area (Å²) in [6, 6.07) is 39.1. The Morgan fingerprint density at radius 1 is 0.795 bits per heavy atom. The number of nitrogens with one attached hydrogen (secondary N) is 2. The number of rotatable bonds is 5. The highest BCUT2D eigenvalue weighted by Gasteiger charge is 2.60. The second kappa shape index (κ2) is 10.1. The molecule has 0 aliphatic carbocycles. The average Bonchev–Trinajstić information content (AvgIpc) is 3.57. The topological polar surface area (TPSA) is 56.3 Å². The predicted molar refractivity (Wildman–Crippen MR) is 180 cm³/mol. The molecule has 6 nitrogen and oxygen atoms in total. The highest BCUT2D eigenvalue weighted by molar-refractivity contribution is 5.88. The zero-order chi connectivity index (χ0) is 30.0. The second-order valence-electron chi connectivity index (χ2n) is 12.9. The molecule has 4 aromatic carbocycles. The lowest BCUT2D eigenvalue weighted by Crippen LogP contribution is -2.56. The van der Waals surface area contributed by atoms with Gasteiger partial charge in [0.25, 0.3) is 0 Å². The lowest BCUT2D eigenvalue weighted by Gasteiger charge is -2.52. The van der Waals surface area contributed by atoms with Crippen LogP contribution in [0.1, 0.15) is 56.4 Å². The van der Waals surface area contributed by atoms with E-state index < -0.39 is 0 Å². The van der Waals surface area contributed by atoms with Gasteiger partial charge in [-0.05, 0) is 53.4 Å². The van der Waals surface area contributed by atoms with Crippen LogP contribution in [0.2, 0.25) is 0 Å². The van der Waals surface area contributed by atoms with Gasteiger partial charge in [-0.25, -0.2) is 9.97 Å². The molecule has 0 bridgehead atoms. The SMILES string of the molecule is CC(C)c1cnc2c(n1)N1c3ccccc3C(C3(C)c4ccccc4NC(Nc4ccccc4)C3C)C1N2c1ccccc1. The van der Waals surface area contributed by atoms with Crippen molar-refractivity contribution in [2.75, 3.05) is 20.4 Å². The zero-order valence-corrected chi connectivity index (χ0v) is 25.6. The molecule has 0 amide bonds. The molecule has 0 saturated heterocycles. The van der Waals surface area contributed by atoms with Crippen LogP contribution in [-0.4, -0.2) is 22.3 Å². The van der Waals surface area contributed by atoms with Crippen molar-refractivity contribution in [1.29, 1.82) is 0 Å². The first-order valence-corrected chi connectivity index (χ1v) is 15.7. The van der Waals surface area contributed by atoms with Crippen LogP contribution in [0.3, 0.4) is 0 Å². The van der Waals surface area contributed by atoms with Crippen LogP contribution in [0.5, 0.6) is 0 Å². The summed E-state index contributed by atoms with van der Waals surface area (Å²) < 4.78 is 0. The van der Waals surface area contributed by atoms with E-state index in [-0.39, 0.29) is 35.5 Å². The van der Waals surface area contributed by atoms with Crippen molar-refractivity contribution in [3.63, 3.8) is 0 Å². The first-order valence-electron chi connectivity index (χ1n) is 15.7. The third-order valence-electron chi connectivity index (χ3n) is 10.2. The Morgan fingerprint density at radius 3 is 2.25 bits per heavy atom. The summed E-state index contributed by atoms with van der Waals surface area (Å²) in [5, 5.41) is 7.73. The van der Waals surface area contributed by atoms with E-state index in [1.807, 2.05) is 6.20 Å². The molecule has 3 aliphatic heterocycles. The Balaban J connectivity index is 1.35. The number of fused-ring (bicyclic) bond motifs is 6. The molecule has 4 heterocycles. The normalized spacial score (nSPS) is 24.8. The van der Waals surface area contributed by atoms with Crippen LogP contribution in [0.25, 0.3) is 0 Å². The summed E-state index contributed by atoms with van der Waals surface area (Å²) in [5.41, 5.74) is 8.08. The smallest absolute Gasteiger partial charge is 0.178 e. The van der Waals surface area contributed by atoms with Crippen molar-refractivity contribution in [3.05, 3.63) is 132 Å². The number of benzene rings is 4. The van der Waals surface area contributed by atoms with E-state index in [0.717, 1.165) is 28.7 Å². The van der Waals surface area contributed by atoms with Gasteiger partial charge in [0.15, 0.2) is 11.6 Å². The van der Waals surface area contributed by atoms with E-state index in [1.165, 1.54) is 22.5 Å². The third kappa shape index (κ3) is 3.86. The maximum absolute atomic E-state index is 5.30. The first-order chi connectivity index (χ1) is 21.5. The minimum atomic E-state index is -0.264. The van der Waals surface area contributed by atoms with E-state index in [2.05, 4.69) is 157 Å². The molecule has 44 heavy (non-hydrogen) atoms. The van der Waals surface area contributed by atoms with Crippen molar-refractivity contribution in [1.82, 2.24) is 9.97 Å². The molecular formula is C38H38N6. The maximum Gasteiger partial charge on any atom is 0.178 e. The Hall–Kier alpha value is -4.84. The fourth-order valence-corrected chi connectivity index (χ4v) is 7.83. The van der Waals surface area contributed by atoms with Crippen LogP contribution < -0.4 is 20.4 Å². The fraction of sp³-hybridized carbons (Fsp3) is 0.263. The van der Waals surface area contributed by atoms with Crippen LogP contribution in [0, 0.1) is 5.92 Å². The van der Waals surface area contributed by atoms with Gasteiger partial charge in [0.1, 0.15) is 6.17 Å². The van der Waals surface area contributed by atoms with Gasteiger partial charge in [0.2, 0.25) is 0 Å². The number of aromatic nitrogens is 2. The summed E-state index contributed by atoms with van der Waals surface area (Å²) in [4.78, 5) is 15.4. The van der Waals surface area contributed by atoms with Crippen LogP contribution >= 0.6 is 0 Å². The predicted octanol–water partition coefficient (Wildman–Crippen LogP) is 8.77. The van der Waals surface area contributed by atoms with E-state index in [1.54, 1.807) is 0 Å². The zero-order valence-electron chi connectivity index (χ0n) is 25.6. The molecule has 3 aliphatic rings. The molecular weight excluding hydrogens is 540 g/mol. The molecule has 5 atom stereocenters. The van der Waals surface area contributed by atoms with Gasteiger partial charge in [-0.1, -0.05) is 100 Å². The standard InChI is InChI=1S/C38H38N6/c1-24(2)31-23-39-35-36(42-31)44-32-22-14-11-19-28(32)33(37(44)43(35)27-17-9-6-10-18-27)38(4)25(3)34(40-26-15-7-5-8-16-26)41-30-21-13-12-20-29(30)38/h5-25,33-34,37,40-41H,1-4H3. The van der Waals surface area contributed by atoms with Crippen LogP contribution in [0.15, 0.2) is 115 Å². The molecule has 5 aromatic rings. The second-order valence-corrected chi connectivity index (χ2v) is 12.9. The molecule has 220 valence electrons. The number of hydrogen-bond donors (Lipinski definition) is 2. The summed E-state index contributed by atoms with van der Waals surface area (Å²) in [7, 11) is 0. The lowest BCUT2D eigenvalue weighted by atomic mass is 9.59. The molecule has 5 unspecified atom stereocenters. The Morgan fingerprint density at radius 2 is 1.48 bits per heavy atom. The van der Waals surface area contributed by atoms with Gasteiger partial charge >= 0.3 is 0 Å². The van der Waals surface area contributed by atoms with E-state index in [9.17, 15) is 0 Å². The number of nitrogens with zero attached hydrogens (tertiary/aromatic N) is 4. The molecule has 1 aromatic heterocycles. The van der Waals surface area contributed by atoms with E-state index >= 15 is 0 Å². The quantitative estimate of drug-likeness (QED) is 0.217. The first kappa shape index (κ1) is 26.8. The molecule has 0 spiro atoms. The van der Waals surface area contributed by atoms with Crippen molar-refractivity contribution >= 4 is 34.4 Å². The van der Waals surface area contributed by atoms with E-state index in [0.29, 0.717) is 0 Å². The van der Waals surface area contributed by atoms with Gasteiger partial charge in [0, 0.05) is 40.0 Å². The van der Waals surface area contributed by atoms with Crippen molar-refractivity contribution in [3.8, 4) is 0 Å². The van der Waals surface area contributed by atoms with Crippen molar-refractivity contribution in [2.24, 2.45) is 5.92 Å². The maximum atomic E-state index is 5.30. The monoisotopic (exact) mass is 578 g/mol. The van der Waals surface area contributed by atoms with Gasteiger partial charge in [-0.15, -0.1) is 0 Å². The number of para-hydroxylation sites is 4.